The van der Waals surface area contributed by atoms with E-state index in [1.165, 1.54) is 0 Å². The van der Waals surface area contributed by atoms with Gasteiger partial charge in [0, 0.05) is 13.0 Å². The molecule has 5 heteroatoms. The molecule has 1 saturated heterocycles. The predicted molar refractivity (Wildman–Crippen MR) is 88.9 cm³/mol. The lowest BCUT2D eigenvalue weighted by Crippen LogP contribution is -2.36. The molecule has 0 unspecified atom stereocenters. The first-order valence-corrected chi connectivity index (χ1v) is 8.13. The smallest absolute Gasteiger partial charge is 0.410 e. The van der Waals surface area contributed by atoms with Crippen molar-refractivity contribution in [3.8, 4) is 0 Å². The number of primary amides is 1. The first kappa shape index (κ1) is 17.3. The number of nitrogens with zero attached hydrogens (tertiary/aromatic N) is 1. The normalized spacial score (nSPS) is 18.0. The summed E-state index contributed by atoms with van der Waals surface area (Å²) in [4.78, 5) is 25.0. The van der Waals surface area contributed by atoms with E-state index in [9.17, 15) is 9.59 Å². The van der Waals surface area contributed by atoms with Crippen LogP contribution in [0.3, 0.4) is 0 Å². The fraction of sp³-hybridized carbons (Fsp3) is 0.556. The maximum Gasteiger partial charge on any atom is 0.410 e. The summed E-state index contributed by atoms with van der Waals surface area (Å²) < 4.78 is 5.50. The quantitative estimate of drug-likeness (QED) is 0.926. The summed E-state index contributed by atoms with van der Waals surface area (Å²) in [6, 6.07) is 8.14. The summed E-state index contributed by atoms with van der Waals surface area (Å²) in [5.74, 6) is -0.291. The van der Waals surface area contributed by atoms with Crippen molar-refractivity contribution in [1.29, 1.82) is 0 Å². The van der Waals surface area contributed by atoms with Crippen LogP contribution in [0.2, 0.25) is 0 Å². The minimum Gasteiger partial charge on any atom is -0.444 e. The molecule has 1 fully saturated rings. The van der Waals surface area contributed by atoms with Crippen molar-refractivity contribution in [2.75, 3.05) is 6.54 Å². The van der Waals surface area contributed by atoms with Crippen molar-refractivity contribution in [2.45, 2.75) is 58.1 Å². The number of carbonyl (C=O) groups is 2. The summed E-state index contributed by atoms with van der Waals surface area (Å²) in [6.45, 7) is 6.36. The molecule has 1 aromatic carbocycles. The highest BCUT2D eigenvalue weighted by atomic mass is 16.6. The van der Waals surface area contributed by atoms with Crippen LogP contribution in [0.4, 0.5) is 4.79 Å². The summed E-state index contributed by atoms with van der Waals surface area (Å²) in [7, 11) is 0. The number of nitrogens with two attached hydrogens (primary N) is 1. The fourth-order valence-electron chi connectivity index (χ4n) is 2.83. The van der Waals surface area contributed by atoms with Crippen LogP contribution in [0.1, 0.15) is 57.2 Å². The standard InChI is InChI=1S/C18H26N2O3/c1-18(2,3)23-17(22)20-12-4-5-15(20)14-9-6-13(7-10-14)8-11-16(19)21/h6-7,9-10,15H,4-5,8,11-12H2,1-3H3,(H2,19,21)/t15-/m1/s1. The van der Waals surface area contributed by atoms with E-state index in [1.807, 2.05) is 49.9 Å². The molecule has 0 spiro atoms. The molecular formula is C18H26N2O3. The second-order valence-electron chi connectivity index (χ2n) is 7.04. The van der Waals surface area contributed by atoms with E-state index in [4.69, 9.17) is 10.5 Å². The van der Waals surface area contributed by atoms with E-state index in [2.05, 4.69) is 0 Å². The Labute approximate surface area is 137 Å². The molecule has 1 heterocycles. The molecular weight excluding hydrogens is 292 g/mol. The molecule has 0 saturated carbocycles. The number of rotatable bonds is 4. The molecule has 5 nitrogen and oxygen atoms in total. The number of hydrogen-bond donors (Lipinski definition) is 1. The maximum absolute atomic E-state index is 12.3. The Bertz CT molecular complexity index is 561. The number of carbonyl (C=O) groups excluding carboxylic acids is 2. The monoisotopic (exact) mass is 318 g/mol. The van der Waals surface area contributed by atoms with Crippen molar-refractivity contribution in [2.24, 2.45) is 5.73 Å². The average Bonchev–Trinajstić information content (AvgIpc) is 2.93. The van der Waals surface area contributed by atoms with Crippen LogP contribution in [0.5, 0.6) is 0 Å². The Hall–Kier alpha value is -2.04. The van der Waals surface area contributed by atoms with Gasteiger partial charge in [0.2, 0.25) is 5.91 Å². The summed E-state index contributed by atoms with van der Waals surface area (Å²) in [5.41, 5.74) is 6.88. The fourth-order valence-corrected chi connectivity index (χ4v) is 2.83. The third-order valence-electron chi connectivity index (χ3n) is 3.91. The zero-order chi connectivity index (χ0) is 17.0. The lowest BCUT2D eigenvalue weighted by Gasteiger charge is -2.29. The molecule has 2 amide bonds. The molecule has 2 rings (SSSR count). The van der Waals surface area contributed by atoms with E-state index in [0.29, 0.717) is 12.8 Å². The second-order valence-corrected chi connectivity index (χ2v) is 7.04. The van der Waals surface area contributed by atoms with Gasteiger partial charge in [-0.2, -0.15) is 0 Å². The first-order chi connectivity index (χ1) is 10.8. The van der Waals surface area contributed by atoms with Crippen molar-refractivity contribution in [3.63, 3.8) is 0 Å². The van der Waals surface area contributed by atoms with Crippen molar-refractivity contribution in [3.05, 3.63) is 35.4 Å². The lowest BCUT2D eigenvalue weighted by atomic mass is 10.0. The molecule has 1 aromatic rings. The molecule has 0 radical (unpaired) electrons. The van der Waals surface area contributed by atoms with Crippen LogP contribution >= 0.6 is 0 Å². The van der Waals surface area contributed by atoms with Crippen LogP contribution in [-0.2, 0) is 16.0 Å². The van der Waals surface area contributed by atoms with Crippen LogP contribution in [0.15, 0.2) is 24.3 Å². The van der Waals surface area contributed by atoms with Crippen molar-refractivity contribution >= 4 is 12.0 Å². The van der Waals surface area contributed by atoms with E-state index >= 15 is 0 Å². The molecule has 2 N–H and O–H groups in total. The van der Waals surface area contributed by atoms with Gasteiger partial charge in [-0.15, -0.1) is 0 Å². The summed E-state index contributed by atoms with van der Waals surface area (Å²) in [6.07, 6.45) is 2.67. The topological polar surface area (TPSA) is 72.6 Å². The second kappa shape index (κ2) is 7.02. The van der Waals surface area contributed by atoms with Gasteiger partial charge < -0.3 is 15.4 Å². The van der Waals surface area contributed by atoms with Crippen molar-refractivity contribution < 1.29 is 14.3 Å². The number of ether oxygens (including phenoxy) is 1. The number of likely N-dealkylation sites (tertiary alicyclic amines) is 1. The summed E-state index contributed by atoms with van der Waals surface area (Å²) in [5, 5.41) is 0. The van der Waals surface area contributed by atoms with Gasteiger partial charge >= 0.3 is 6.09 Å². The average molecular weight is 318 g/mol. The molecule has 23 heavy (non-hydrogen) atoms. The van der Waals surface area contributed by atoms with E-state index < -0.39 is 5.60 Å². The number of amides is 2. The van der Waals surface area contributed by atoms with E-state index in [-0.39, 0.29) is 18.0 Å². The molecule has 0 aliphatic carbocycles. The number of aryl methyl sites for hydroxylation is 1. The highest BCUT2D eigenvalue weighted by Crippen LogP contribution is 2.33. The molecule has 0 bridgehead atoms. The zero-order valence-corrected chi connectivity index (χ0v) is 14.2. The highest BCUT2D eigenvalue weighted by molar-refractivity contribution is 5.74. The number of hydrogen-bond acceptors (Lipinski definition) is 3. The molecule has 0 aromatic heterocycles. The van der Waals surface area contributed by atoms with Gasteiger partial charge in [0.15, 0.2) is 0 Å². The van der Waals surface area contributed by atoms with Gasteiger partial charge in [-0.1, -0.05) is 24.3 Å². The molecule has 1 aliphatic heterocycles. The minimum atomic E-state index is -0.483. The van der Waals surface area contributed by atoms with Gasteiger partial charge in [-0.05, 0) is 51.2 Å². The van der Waals surface area contributed by atoms with Gasteiger partial charge in [-0.25, -0.2) is 4.79 Å². The SMILES string of the molecule is CC(C)(C)OC(=O)N1CCC[C@@H]1c1ccc(CCC(N)=O)cc1. The Morgan fingerprint density at radius 3 is 2.48 bits per heavy atom. The maximum atomic E-state index is 12.3. The zero-order valence-electron chi connectivity index (χ0n) is 14.2. The highest BCUT2D eigenvalue weighted by Gasteiger charge is 2.32. The Kier molecular flexibility index (Phi) is 5.29. The molecule has 1 aliphatic rings. The summed E-state index contributed by atoms with van der Waals surface area (Å²) >= 11 is 0. The van der Waals surface area contributed by atoms with Gasteiger partial charge in [0.1, 0.15) is 5.60 Å². The Morgan fingerprint density at radius 2 is 1.91 bits per heavy atom. The van der Waals surface area contributed by atoms with Crippen LogP contribution in [0.25, 0.3) is 0 Å². The van der Waals surface area contributed by atoms with Gasteiger partial charge in [0.05, 0.1) is 6.04 Å². The lowest BCUT2D eigenvalue weighted by molar-refractivity contribution is -0.117. The third kappa shape index (κ3) is 4.98. The van der Waals surface area contributed by atoms with E-state index in [0.717, 1.165) is 30.5 Å². The minimum absolute atomic E-state index is 0.0649. The third-order valence-corrected chi connectivity index (χ3v) is 3.91. The molecule has 126 valence electrons. The van der Waals surface area contributed by atoms with Crippen LogP contribution < -0.4 is 5.73 Å². The van der Waals surface area contributed by atoms with Crippen molar-refractivity contribution in [1.82, 2.24) is 4.90 Å². The Balaban J connectivity index is 2.04. The largest absolute Gasteiger partial charge is 0.444 e. The molecule has 1 atom stereocenters. The van der Waals surface area contributed by atoms with Crippen LogP contribution in [0, 0.1) is 0 Å². The van der Waals surface area contributed by atoms with E-state index in [1.54, 1.807) is 0 Å². The van der Waals surface area contributed by atoms with Gasteiger partial charge in [0.25, 0.3) is 0 Å². The number of benzene rings is 1. The Morgan fingerprint density at radius 1 is 1.26 bits per heavy atom. The van der Waals surface area contributed by atoms with Crippen LogP contribution in [-0.4, -0.2) is 29.0 Å². The first-order valence-electron chi connectivity index (χ1n) is 8.13. The van der Waals surface area contributed by atoms with Gasteiger partial charge in [-0.3, -0.25) is 4.79 Å². The predicted octanol–water partition coefficient (Wildman–Crippen LogP) is 3.18.